The molecule has 0 spiro atoms. The quantitative estimate of drug-likeness (QED) is 0.913. The molecule has 3 heteroatoms. The molecule has 2 fully saturated rings. The summed E-state index contributed by atoms with van der Waals surface area (Å²) in [4.78, 5) is 0. The molecule has 1 aromatic carbocycles. The summed E-state index contributed by atoms with van der Waals surface area (Å²) >= 11 is 5.90. The van der Waals surface area contributed by atoms with E-state index in [9.17, 15) is 0 Å². The highest BCUT2D eigenvalue weighted by Gasteiger charge is 2.58. The molecule has 0 aromatic heterocycles. The Kier molecular flexibility index (Phi) is 3.59. The van der Waals surface area contributed by atoms with Gasteiger partial charge in [0.1, 0.15) is 0 Å². The molecule has 1 saturated carbocycles. The number of ether oxygens (including phenoxy) is 1. The maximum absolute atomic E-state index is 5.90. The summed E-state index contributed by atoms with van der Waals surface area (Å²) in [5, 5.41) is 4.54. The molecular weight excluding hydrogens is 258 g/mol. The van der Waals surface area contributed by atoms with Gasteiger partial charge in [-0.15, -0.1) is 0 Å². The SMILES string of the molecule is CC1(C)C(NCCc2ccc(Cl)cc2)C2CCOC21. The molecule has 0 bridgehead atoms. The van der Waals surface area contributed by atoms with E-state index in [1.54, 1.807) is 0 Å². The molecule has 2 nitrogen and oxygen atoms in total. The van der Waals surface area contributed by atoms with Crippen molar-refractivity contribution in [1.29, 1.82) is 0 Å². The second kappa shape index (κ2) is 5.08. The van der Waals surface area contributed by atoms with E-state index >= 15 is 0 Å². The summed E-state index contributed by atoms with van der Waals surface area (Å²) in [6.07, 6.45) is 2.75. The molecule has 0 radical (unpaired) electrons. The summed E-state index contributed by atoms with van der Waals surface area (Å²) in [6.45, 7) is 6.60. The van der Waals surface area contributed by atoms with Crippen molar-refractivity contribution < 1.29 is 4.74 Å². The minimum atomic E-state index is 0.279. The Balaban J connectivity index is 1.51. The third-order valence-electron chi connectivity index (χ3n) is 4.79. The van der Waals surface area contributed by atoms with Gasteiger partial charge in [-0.25, -0.2) is 0 Å². The molecule has 1 saturated heterocycles. The normalized spacial score (nSPS) is 31.8. The number of nitrogens with one attached hydrogen (secondary N) is 1. The average Bonchev–Trinajstić information content (AvgIpc) is 2.83. The van der Waals surface area contributed by atoms with Crippen LogP contribution in [0.25, 0.3) is 0 Å². The van der Waals surface area contributed by atoms with Crippen molar-refractivity contribution in [3.05, 3.63) is 34.9 Å². The van der Waals surface area contributed by atoms with Gasteiger partial charge in [0.2, 0.25) is 0 Å². The van der Waals surface area contributed by atoms with E-state index in [4.69, 9.17) is 16.3 Å². The van der Waals surface area contributed by atoms with Crippen LogP contribution in [0, 0.1) is 11.3 Å². The molecule has 0 amide bonds. The third-order valence-corrected chi connectivity index (χ3v) is 5.04. The van der Waals surface area contributed by atoms with E-state index in [0.717, 1.165) is 30.5 Å². The molecule has 2 aliphatic rings. The van der Waals surface area contributed by atoms with Crippen molar-refractivity contribution in [2.75, 3.05) is 13.2 Å². The molecule has 1 heterocycles. The van der Waals surface area contributed by atoms with Crippen LogP contribution < -0.4 is 5.32 Å². The minimum absolute atomic E-state index is 0.279. The highest BCUT2D eigenvalue weighted by Crippen LogP contribution is 2.51. The summed E-state index contributed by atoms with van der Waals surface area (Å²) < 4.78 is 5.82. The molecule has 104 valence electrons. The Bertz CT molecular complexity index is 443. The molecule has 1 aliphatic carbocycles. The Labute approximate surface area is 120 Å². The number of benzene rings is 1. The van der Waals surface area contributed by atoms with Gasteiger partial charge in [0, 0.05) is 29.0 Å². The standard InChI is InChI=1S/C16H22ClNO/c1-16(2)14(13-8-10-19-15(13)16)18-9-7-11-3-5-12(17)6-4-11/h3-6,13-15,18H,7-10H2,1-2H3. The Hall–Kier alpha value is -0.570. The number of rotatable bonds is 4. The fourth-order valence-corrected chi connectivity index (χ4v) is 3.89. The van der Waals surface area contributed by atoms with Crippen molar-refractivity contribution in [3.63, 3.8) is 0 Å². The van der Waals surface area contributed by atoms with Crippen LogP contribution in [0.2, 0.25) is 5.02 Å². The summed E-state index contributed by atoms with van der Waals surface area (Å²) in [5.74, 6) is 0.722. The van der Waals surface area contributed by atoms with Gasteiger partial charge in [0.25, 0.3) is 0 Å². The van der Waals surface area contributed by atoms with E-state index in [0.29, 0.717) is 12.1 Å². The van der Waals surface area contributed by atoms with Crippen LogP contribution in [0.15, 0.2) is 24.3 Å². The van der Waals surface area contributed by atoms with Crippen molar-refractivity contribution in [2.24, 2.45) is 11.3 Å². The predicted octanol–water partition coefficient (Wildman–Crippen LogP) is 3.29. The molecule has 1 aliphatic heterocycles. The first kappa shape index (κ1) is 13.4. The lowest BCUT2D eigenvalue weighted by molar-refractivity contribution is -0.112. The topological polar surface area (TPSA) is 21.3 Å². The van der Waals surface area contributed by atoms with E-state index in [1.807, 2.05) is 12.1 Å². The van der Waals surface area contributed by atoms with Gasteiger partial charge in [-0.3, -0.25) is 0 Å². The van der Waals surface area contributed by atoms with E-state index in [2.05, 4.69) is 31.3 Å². The minimum Gasteiger partial charge on any atom is -0.377 e. The van der Waals surface area contributed by atoms with E-state index in [1.165, 1.54) is 12.0 Å². The van der Waals surface area contributed by atoms with Crippen LogP contribution in [0.1, 0.15) is 25.8 Å². The molecule has 3 unspecified atom stereocenters. The van der Waals surface area contributed by atoms with Crippen LogP contribution in [0.3, 0.4) is 0 Å². The highest BCUT2D eigenvalue weighted by molar-refractivity contribution is 6.30. The zero-order valence-corrected chi connectivity index (χ0v) is 12.4. The largest absolute Gasteiger partial charge is 0.377 e. The number of hydrogen-bond acceptors (Lipinski definition) is 2. The fraction of sp³-hybridized carbons (Fsp3) is 0.625. The number of fused-ring (bicyclic) bond motifs is 1. The highest BCUT2D eigenvalue weighted by atomic mass is 35.5. The molecule has 1 N–H and O–H groups in total. The van der Waals surface area contributed by atoms with Crippen molar-refractivity contribution in [1.82, 2.24) is 5.32 Å². The van der Waals surface area contributed by atoms with Gasteiger partial charge in [0.05, 0.1) is 6.10 Å². The second-order valence-corrected chi connectivity index (χ2v) is 6.81. The van der Waals surface area contributed by atoms with Gasteiger partial charge in [0.15, 0.2) is 0 Å². The van der Waals surface area contributed by atoms with Crippen LogP contribution in [-0.4, -0.2) is 25.3 Å². The summed E-state index contributed by atoms with van der Waals surface area (Å²) in [5.41, 5.74) is 1.62. The molecular formula is C16H22ClNO. The predicted molar refractivity (Wildman–Crippen MR) is 78.6 cm³/mol. The summed E-state index contributed by atoms with van der Waals surface area (Å²) in [7, 11) is 0. The van der Waals surface area contributed by atoms with Crippen molar-refractivity contribution in [3.8, 4) is 0 Å². The molecule has 19 heavy (non-hydrogen) atoms. The first-order valence-corrected chi connectivity index (χ1v) is 7.56. The van der Waals surface area contributed by atoms with Crippen LogP contribution in [0.5, 0.6) is 0 Å². The van der Waals surface area contributed by atoms with Gasteiger partial charge < -0.3 is 10.1 Å². The second-order valence-electron chi connectivity index (χ2n) is 6.37. The van der Waals surface area contributed by atoms with Crippen molar-refractivity contribution in [2.45, 2.75) is 38.8 Å². The Morgan fingerprint density at radius 2 is 2.05 bits per heavy atom. The summed E-state index contributed by atoms with van der Waals surface area (Å²) in [6, 6.07) is 8.75. The lowest BCUT2D eigenvalue weighted by Crippen LogP contribution is -2.66. The van der Waals surface area contributed by atoms with Crippen LogP contribution in [-0.2, 0) is 11.2 Å². The van der Waals surface area contributed by atoms with Gasteiger partial charge in [-0.05, 0) is 37.1 Å². The maximum Gasteiger partial charge on any atom is 0.0685 e. The Morgan fingerprint density at radius 3 is 2.79 bits per heavy atom. The first-order chi connectivity index (χ1) is 9.09. The lowest BCUT2D eigenvalue weighted by atomic mass is 9.57. The monoisotopic (exact) mass is 279 g/mol. The zero-order chi connectivity index (χ0) is 13.5. The maximum atomic E-state index is 5.90. The van der Waals surface area contributed by atoms with Crippen LogP contribution >= 0.6 is 11.6 Å². The van der Waals surface area contributed by atoms with Crippen molar-refractivity contribution >= 4 is 11.6 Å². The molecule has 3 rings (SSSR count). The molecule has 1 aromatic rings. The van der Waals surface area contributed by atoms with Gasteiger partial charge in [-0.1, -0.05) is 37.6 Å². The fourth-order valence-electron chi connectivity index (χ4n) is 3.76. The Morgan fingerprint density at radius 1 is 1.32 bits per heavy atom. The molecule has 3 atom stereocenters. The van der Waals surface area contributed by atoms with E-state index < -0.39 is 0 Å². The van der Waals surface area contributed by atoms with Crippen LogP contribution in [0.4, 0.5) is 0 Å². The zero-order valence-electron chi connectivity index (χ0n) is 11.7. The third kappa shape index (κ3) is 2.42. The van der Waals surface area contributed by atoms with Gasteiger partial charge in [-0.2, -0.15) is 0 Å². The number of halogens is 1. The van der Waals surface area contributed by atoms with Gasteiger partial charge >= 0.3 is 0 Å². The lowest BCUT2D eigenvalue weighted by Gasteiger charge is -2.55. The smallest absolute Gasteiger partial charge is 0.0685 e. The first-order valence-electron chi connectivity index (χ1n) is 7.18. The average molecular weight is 280 g/mol. The number of hydrogen-bond donors (Lipinski definition) is 1. The van der Waals surface area contributed by atoms with E-state index in [-0.39, 0.29) is 5.41 Å².